The summed E-state index contributed by atoms with van der Waals surface area (Å²) in [7, 11) is 0. The fourth-order valence-corrected chi connectivity index (χ4v) is 2.30. The third-order valence-corrected chi connectivity index (χ3v) is 3.22. The lowest BCUT2D eigenvalue weighted by atomic mass is 10.0. The molecule has 0 aliphatic rings. The summed E-state index contributed by atoms with van der Waals surface area (Å²) in [5.41, 5.74) is 0.661. The molecule has 0 spiro atoms. The van der Waals surface area contributed by atoms with Gasteiger partial charge in [-0.1, -0.05) is 31.5 Å². The molecule has 1 unspecified atom stereocenters. The van der Waals surface area contributed by atoms with Gasteiger partial charge >= 0.3 is 5.97 Å². The molecule has 116 valence electrons. The number of benzene rings is 1. The van der Waals surface area contributed by atoms with E-state index >= 15 is 0 Å². The average molecular weight is 314 g/mol. The van der Waals surface area contributed by atoms with E-state index < -0.39 is 5.97 Å². The molecular weight excluding hydrogens is 294 g/mol. The van der Waals surface area contributed by atoms with Crippen LogP contribution in [0.2, 0.25) is 5.02 Å². The molecule has 5 nitrogen and oxygen atoms in total. The van der Waals surface area contributed by atoms with E-state index in [0.717, 1.165) is 0 Å². The van der Waals surface area contributed by atoms with Crippen LogP contribution in [0.4, 0.5) is 0 Å². The highest BCUT2D eigenvalue weighted by Gasteiger charge is 2.17. The van der Waals surface area contributed by atoms with E-state index in [4.69, 9.17) is 16.7 Å². The summed E-state index contributed by atoms with van der Waals surface area (Å²) in [6, 6.07) is 4.16. The Balaban J connectivity index is 2.64. The van der Waals surface area contributed by atoms with Gasteiger partial charge in [-0.3, -0.25) is 9.59 Å². The third-order valence-electron chi connectivity index (χ3n) is 2.92. The Bertz CT molecular complexity index is 516. The minimum Gasteiger partial charge on any atom is -0.506 e. The van der Waals surface area contributed by atoms with Crippen molar-refractivity contribution in [3.8, 4) is 5.75 Å². The average Bonchev–Trinajstić information content (AvgIpc) is 2.31. The van der Waals surface area contributed by atoms with Crippen molar-refractivity contribution in [3.63, 3.8) is 0 Å². The maximum absolute atomic E-state index is 12.0. The summed E-state index contributed by atoms with van der Waals surface area (Å²) in [4.78, 5) is 22.8. The largest absolute Gasteiger partial charge is 0.506 e. The van der Waals surface area contributed by atoms with Gasteiger partial charge in [0, 0.05) is 6.04 Å². The van der Waals surface area contributed by atoms with Gasteiger partial charge in [0.1, 0.15) is 5.75 Å². The number of hydrogen-bond acceptors (Lipinski definition) is 3. The lowest BCUT2D eigenvalue weighted by molar-refractivity contribution is -0.137. The molecule has 0 heterocycles. The van der Waals surface area contributed by atoms with Gasteiger partial charge in [-0.15, -0.1) is 0 Å². The van der Waals surface area contributed by atoms with E-state index in [1.165, 1.54) is 12.1 Å². The lowest BCUT2D eigenvalue weighted by Gasteiger charge is -2.19. The standard InChI is InChI=1S/C15H20ClNO4/c1-9(2)5-11(8-15(20)21)17-14(19)7-10-3-4-13(18)12(16)6-10/h3-4,6,9,11,18H,5,7-8H2,1-2H3,(H,17,19)(H,20,21). The van der Waals surface area contributed by atoms with Gasteiger partial charge < -0.3 is 15.5 Å². The minimum atomic E-state index is -0.936. The Morgan fingerprint density at radius 2 is 2.00 bits per heavy atom. The van der Waals surface area contributed by atoms with Crippen LogP contribution in [-0.2, 0) is 16.0 Å². The predicted molar refractivity (Wildman–Crippen MR) is 80.5 cm³/mol. The molecule has 1 aromatic carbocycles. The molecule has 0 aliphatic heterocycles. The monoisotopic (exact) mass is 313 g/mol. The highest BCUT2D eigenvalue weighted by molar-refractivity contribution is 6.32. The number of phenols is 1. The number of carbonyl (C=O) groups excluding carboxylic acids is 1. The van der Waals surface area contributed by atoms with E-state index in [9.17, 15) is 14.7 Å². The summed E-state index contributed by atoms with van der Waals surface area (Å²) in [6.07, 6.45) is 0.600. The number of carboxylic acids is 1. The number of carboxylic acid groups (broad SMARTS) is 1. The lowest BCUT2D eigenvalue weighted by Crippen LogP contribution is -2.38. The SMILES string of the molecule is CC(C)CC(CC(=O)O)NC(=O)Cc1ccc(O)c(Cl)c1. The van der Waals surface area contributed by atoms with Crippen LogP contribution < -0.4 is 5.32 Å². The summed E-state index contributed by atoms with van der Waals surface area (Å²) < 4.78 is 0. The van der Waals surface area contributed by atoms with Gasteiger partial charge in [-0.05, 0) is 30.0 Å². The van der Waals surface area contributed by atoms with Gasteiger partial charge in [0.15, 0.2) is 0 Å². The van der Waals surface area contributed by atoms with Crippen LogP contribution in [0.25, 0.3) is 0 Å². The Morgan fingerprint density at radius 3 is 2.52 bits per heavy atom. The zero-order chi connectivity index (χ0) is 16.0. The van der Waals surface area contributed by atoms with Crippen molar-refractivity contribution in [2.24, 2.45) is 5.92 Å². The minimum absolute atomic E-state index is 0.0376. The van der Waals surface area contributed by atoms with Gasteiger partial charge in [0.2, 0.25) is 5.91 Å². The second kappa shape index (κ2) is 7.88. The van der Waals surface area contributed by atoms with Crippen LogP contribution in [0.15, 0.2) is 18.2 Å². The molecule has 6 heteroatoms. The van der Waals surface area contributed by atoms with E-state index in [2.05, 4.69) is 5.32 Å². The molecule has 21 heavy (non-hydrogen) atoms. The van der Waals surface area contributed by atoms with Gasteiger partial charge in [0.05, 0.1) is 17.9 Å². The molecule has 0 fully saturated rings. The maximum Gasteiger partial charge on any atom is 0.305 e. The van der Waals surface area contributed by atoms with Crippen molar-refractivity contribution in [2.45, 2.75) is 39.2 Å². The smallest absolute Gasteiger partial charge is 0.305 e. The van der Waals surface area contributed by atoms with E-state index in [-0.39, 0.29) is 41.5 Å². The van der Waals surface area contributed by atoms with Crippen molar-refractivity contribution in [1.82, 2.24) is 5.32 Å². The number of carbonyl (C=O) groups is 2. The third kappa shape index (κ3) is 6.49. The first-order valence-electron chi connectivity index (χ1n) is 6.76. The quantitative estimate of drug-likeness (QED) is 0.722. The number of aromatic hydroxyl groups is 1. The second-order valence-corrected chi connectivity index (χ2v) is 5.86. The number of phenolic OH excluding ortho intramolecular Hbond substituents is 1. The Hall–Kier alpha value is -1.75. The molecule has 1 rings (SSSR count). The molecule has 0 radical (unpaired) electrons. The first-order chi connectivity index (χ1) is 9.77. The van der Waals surface area contributed by atoms with Crippen molar-refractivity contribution >= 4 is 23.5 Å². The molecule has 0 saturated heterocycles. The highest BCUT2D eigenvalue weighted by Crippen LogP contribution is 2.23. The molecule has 3 N–H and O–H groups in total. The Labute approximate surface area is 128 Å². The van der Waals surface area contributed by atoms with Crippen LogP contribution in [0.1, 0.15) is 32.3 Å². The molecule has 1 atom stereocenters. The predicted octanol–water partition coefficient (Wildman–Crippen LogP) is 2.59. The Kier molecular flexibility index (Phi) is 6.49. The molecular formula is C15H20ClNO4. The zero-order valence-corrected chi connectivity index (χ0v) is 12.9. The summed E-state index contributed by atoms with van der Waals surface area (Å²) in [5, 5.41) is 21.1. The Morgan fingerprint density at radius 1 is 1.33 bits per heavy atom. The van der Waals surface area contributed by atoms with Gasteiger partial charge in [0.25, 0.3) is 0 Å². The van der Waals surface area contributed by atoms with Crippen molar-refractivity contribution in [3.05, 3.63) is 28.8 Å². The van der Waals surface area contributed by atoms with E-state index in [0.29, 0.717) is 12.0 Å². The number of aliphatic carboxylic acids is 1. The normalized spacial score (nSPS) is 12.2. The number of amides is 1. The molecule has 0 saturated carbocycles. The van der Waals surface area contributed by atoms with E-state index in [1.54, 1.807) is 6.07 Å². The van der Waals surface area contributed by atoms with Gasteiger partial charge in [-0.2, -0.15) is 0 Å². The zero-order valence-electron chi connectivity index (χ0n) is 12.1. The van der Waals surface area contributed by atoms with Crippen molar-refractivity contribution < 1.29 is 19.8 Å². The first kappa shape index (κ1) is 17.3. The number of halogens is 1. The van der Waals surface area contributed by atoms with Crippen molar-refractivity contribution in [1.29, 1.82) is 0 Å². The number of rotatable bonds is 7. The summed E-state index contributed by atoms with van der Waals surface area (Å²) >= 11 is 5.78. The van der Waals surface area contributed by atoms with Crippen molar-refractivity contribution in [2.75, 3.05) is 0 Å². The molecule has 1 amide bonds. The van der Waals surface area contributed by atoms with Crippen LogP contribution in [0.3, 0.4) is 0 Å². The second-order valence-electron chi connectivity index (χ2n) is 5.45. The van der Waals surface area contributed by atoms with Crippen LogP contribution in [0, 0.1) is 5.92 Å². The summed E-state index contributed by atoms with van der Waals surface area (Å²) in [6.45, 7) is 3.95. The van der Waals surface area contributed by atoms with Gasteiger partial charge in [-0.25, -0.2) is 0 Å². The first-order valence-corrected chi connectivity index (χ1v) is 7.14. The number of hydrogen-bond donors (Lipinski definition) is 3. The number of nitrogens with one attached hydrogen (secondary N) is 1. The fraction of sp³-hybridized carbons (Fsp3) is 0.467. The van der Waals surface area contributed by atoms with Crippen LogP contribution in [0.5, 0.6) is 5.75 Å². The van der Waals surface area contributed by atoms with E-state index in [1.807, 2.05) is 13.8 Å². The molecule has 0 bridgehead atoms. The van der Waals surface area contributed by atoms with Crippen LogP contribution in [-0.4, -0.2) is 28.1 Å². The topological polar surface area (TPSA) is 86.6 Å². The van der Waals surface area contributed by atoms with Crippen LogP contribution >= 0.6 is 11.6 Å². The molecule has 1 aromatic rings. The molecule has 0 aliphatic carbocycles. The summed E-state index contributed by atoms with van der Waals surface area (Å²) in [5.74, 6) is -0.945. The maximum atomic E-state index is 12.0. The fourth-order valence-electron chi connectivity index (χ4n) is 2.10. The highest BCUT2D eigenvalue weighted by atomic mass is 35.5. The molecule has 0 aromatic heterocycles.